The minimum atomic E-state index is -0.995. The molecule has 1 unspecified atom stereocenters. The Balaban J connectivity index is 1.63. The van der Waals surface area contributed by atoms with Gasteiger partial charge in [-0.05, 0) is 65.9 Å². The zero-order valence-electron chi connectivity index (χ0n) is 16.2. The fraction of sp³-hybridized carbons (Fsp3) is 0.200. The van der Waals surface area contributed by atoms with Crippen molar-refractivity contribution in [3.05, 3.63) is 52.1 Å². The van der Waals surface area contributed by atoms with E-state index in [0.717, 1.165) is 3.57 Å². The summed E-state index contributed by atoms with van der Waals surface area (Å²) in [6.45, 7) is 1.58. The number of hydrogen-bond acceptors (Lipinski definition) is 7. The van der Waals surface area contributed by atoms with Crippen LogP contribution in [0.4, 0.5) is 11.4 Å². The third-order valence-electron chi connectivity index (χ3n) is 4.14. The number of amides is 3. The van der Waals surface area contributed by atoms with Gasteiger partial charge in [0.15, 0.2) is 6.04 Å². The smallest absolute Gasteiger partial charge is 0.282 e. The van der Waals surface area contributed by atoms with Gasteiger partial charge in [0.1, 0.15) is 12.2 Å². The second-order valence-corrected chi connectivity index (χ2v) is 7.55. The van der Waals surface area contributed by atoms with Crippen LogP contribution in [0.5, 0.6) is 5.75 Å². The number of nitrogens with zero attached hydrogens (tertiary/aromatic N) is 4. The highest BCUT2D eigenvalue weighted by molar-refractivity contribution is 14.1. The second kappa shape index (κ2) is 9.57. The zero-order valence-corrected chi connectivity index (χ0v) is 18.4. The highest BCUT2D eigenvalue weighted by atomic mass is 127. The Morgan fingerprint density at radius 2 is 1.90 bits per heavy atom. The molecule has 154 valence electrons. The summed E-state index contributed by atoms with van der Waals surface area (Å²) in [5.41, 5.74) is 1.33. The van der Waals surface area contributed by atoms with Gasteiger partial charge in [-0.15, -0.1) is 0 Å². The summed E-state index contributed by atoms with van der Waals surface area (Å²) in [6.07, 6.45) is -0.554. The van der Waals surface area contributed by atoms with Crippen molar-refractivity contribution in [1.29, 1.82) is 0 Å². The largest absolute Gasteiger partial charge is 0.495 e. The predicted octanol–water partition coefficient (Wildman–Crippen LogP) is 3.53. The first-order valence-corrected chi connectivity index (χ1v) is 9.98. The molecule has 1 atom stereocenters. The fourth-order valence-electron chi connectivity index (χ4n) is 2.65. The van der Waals surface area contributed by atoms with Crippen molar-refractivity contribution >= 4 is 57.4 Å². The van der Waals surface area contributed by atoms with Crippen molar-refractivity contribution in [3.8, 4) is 5.75 Å². The molecular weight excluding hydrogens is 501 g/mol. The van der Waals surface area contributed by atoms with E-state index in [0.29, 0.717) is 27.8 Å². The standard InChI is InChI=1S/C20H18IN5O4/c1-12-19(24-23-14-9-7-13(21)8-10-14)20(29)26(25-12)18(28)11-17(27)22-15-5-3-4-6-16(15)30-2/h3-10,19H,11H2,1-2H3,(H,22,27). The van der Waals surface area contributed by atoms with Gasteiger partial charge in [-0.2, -0.15) is 20.3 Å². The Morgan fingerprint density at radius 3 is 2.60 bits per heavy atom. The van der Waals surface area contributed by atoms with Gasteiger partial charge >= 0.3 is 0 Å². The number of halogens is 1. The lowest BCUT2D eigenvalue weighted by atomic mass is 10.2. The highest BCUT2D eigenvalue weighted by Crippen LogP contribution is 2.23. The molecule has 0 aliphatic carbocycles. The van der Waals surface area contributed by atoms with Crippen molar-refractivity contribution < 1.29 is 19.1 Å². The first-order chi connectivity index (χ1) is 14.4. The average Bonchev–Trinajstić information content (AvgIpc) is 3.01. The molecule has 0 fully saturated rings. The van der Waals surface area contributed by atoms with Crippen LogP contribution in [-0.2, 0) is 14.4 Å². The molecule has 0 saturated heterocycles. The summed E-state index contributed by atoms with van der Waals surface area (Å²) in [5, 5.41) is 15.3. The first kappa shape index (κ1) is 21.6. The van der Waals surface area contributed by atoms with Crippen LogP contribution in [0.2, 0.25) is 0 Å². The number of carbonyl (C=O) groups is 3. The van der Waals surface area contributed by atoms with E-state index >= 15 is 0 Å². The number of carbonyl (C=O) groups excluding carboxylic acids is 3. The van der Waals surface area contributed by atoms with E-state index in [1.54, 1.807) is 43.3 Å². The molecule has 10 heteroatoms. The number of para-hydroxylation sites is 2. The summed E-state index contributed by atoms with van der Waals surface area (Å²) in [5.74, 6) is -1.52. The number of anilines is 1. The van der Waals surface area contributed by atoms with Gasteiger partial charge < -0.3 is 10.1 Å². The van der Waals surface area contributed by atoms with Gasteiger partial charge in [-0.25, -0.2) is 0 Å². The van der Waals surface area contributed by atoms with Crippen LogP contribution in [0.25, 0.3) is 0 Å². The number of hydrogen-bond donors (Lipinski definition) is 1. The Hall–Kier alpha value is -3.15. The fourth-order valence-corrected chi connectivity index (χ4v) is 3.01. The molecule has 1 N–H and O–H groups in total. The third-order valence-corrected chi connectivity index (χ3v) is 4.86. The maximum absolute atomic E-state index is 12.6. The monoisotopic (exact) mass is 519 g/mol. The van der Waals surface area contributed by atoms with Gasteiger partial charge in [0.05, 0.1) is 24.2 Å². The quantitative estimate of drug-likeness (QED) is 0.358. The van der Waals surface area contributed by atoms with E-state index in [9.17, 15) is 14.4 Å². The molecule has 30 heavy (non-hydrogen) atoms. The van der Waals surface area contributed by atoms with Crippen LogP contribution in [0, 0.1) is 3.57 Å². The summed E-state index contributed by atoms with van der Waals surface area (Å²) < 4.78 is 6.20. The summed E-state index contributed by atoms with van der Waals surface area (Å²) in [4.78, 5) is 37.2. The van der Waals surface area contributed by atoms with E-state index in [1.807, 2.05) is 12.1 Å². The SMILES string of the molecule is COc1ccccc1NC(=O)CC(=O)N1N=C(C)C(N=Nc2ccc(I)cc2)C1=O. The molecule has 0 radical (unpaired) electrons. The van der Waals surface area contributed by atoms with Crippen LogP contribution in [0.1, 0.15) is 13.3 Å². The maximum Gasteiger partial charge on any atom is 0.282 e. The Morgan fingerprint density at radius 1 is 1.20 bits per heavy atom. The number of imide groups is 1. The second-order valence-electron chi connectivity index (χ2n) is 6.30. The van der Waals surface area contributed by atoms with Crippen LogP contribution < -0.4 is 10.1 Å². The van der Waals surface area contributed by atoms with Crippen LogP contribution in [0.3, 0.4) is 0 Å². The number of azo groups is 1. The number of hydrazone groups is 1. The van der Waals surface area contributed by atoms with Gasteiger partial charge in [0, 0.05) is 3.57 Å². The van der Waals surface area contributed by atoms with Crippen molar-refractivity contribution in [2.45, 2.75) is 19.4 Å². The van der Waals surface area contributed by atoms with E-state index in [2.05, 4.69) is 43.2 Å². The molecular formula is C20H18IN5O4. The van der Waals surface area contributed by atoms with Crippen molar-refractivity contribution in [1.82, 2.24) is 5.01 Å². The highest BCUT2D eigenvalue weighted by Gasteiger charge is 2.38. The third kappa shape index (κ3) is 5.06. The molecule has 9 nitrogen and oxygen atoms in total. The normalized spacial score (nSPS) is 16.0. The van der Waals surface area contributed by atoms with Gasteiger partial charge in [0.25, 0.3) is 11.8 Å². The molecule has 0 aromatic heterocycles. The van der Waals surface area contributed by atoms with E-state index < -0.39 is 30.2 Å². The van der Waals surface area contributed by atoms with Crippen LogP contribution >= 0.6 is 22.6 Å². The lowest BCUT2D eigenvalue weighted by molar-refractivity contribution is -0.144. The molecule has 1 aliphatic heterocycles. The van der Waals surface area contributed by atoms with Crippen LogP contribution in [-0.4, -0.2) is 41.6 Å². The average molecular weight is 519 g/mol. The predicted molar refractivity (Wildman–Crippen MR) is 119 cm³/mol. The molecule has 1 heterocycles. The van der Waals surface area contributed by atoms with Gasteiger partial charge in [-0.1, -0.05) is 12.1 Å². The summed E-state index contributed by atoms with van der Waals surface area (Å²) in [6, 6.07) is 13.1. The maximum atomic E-state index is 12.6. The number of ether oxygens (including phenoxy) is 1. The van der Waals surface area contributed by atoms with Crippen molar-refractivity contribution in [3.63, 3.8) is 0 Å². The molecule has 2 aromatic rings. The van der Waals surface area contributed by atoms with Gasteiger partial charge in [-0.3, -0.25) is 14.4 Å². The lowest BCUT2D eigenvalue weighted by Crippen LogP contribution is -2.36. The van der Waals surface area contributed by atoms with Crippen molar-refractivity contribution in [2.75, 3.05) is 12.4 Å². The molecule has 1 aliphatic rings. The zero-order chi connectivity index (χ0) is 21.7. The van der Waals surface area contributed by atoms with E-state index in [4.69, 9.17) is 4.74 Å². The van der Waals surface area contributed by atoms with E-state index in [-0.39, 0.29) is 0 Å². The first-order valence-electron chi connectivity index (χ1n) is 8.90. The van der Waals surface area contributed by atoms with Crippen molar-refractivity contribution in [2.24, 2.45) is 15.3 Å². The topological polar surface area (TPSA) is 113 Å². The minimum absolute atomic E-state index is 0.327. The Kier molecular flexibility index (Phi) is 6.87. The molecule has 0 saturated carbocycles. The summed E-state index contributed by atoms with van der Waals surface area (Å²) in [7, 11) is 1.47. The number of methoxy groups -OCH3 is 1. The summed E-state index contributed by atoms with van der Waals surface area (Å²) >= 11 is 2.17. The van der Waals surface area contributed by atoms with E-state index in [1.165, 1.54) is 7.11 Å². The minimum Gasteiger partial charge on any atom is -0.495 e. The molecule has 3 amide bonds. The lowest BCUT2D eigenvalue weighted by Gasteiger charge is -2.12. The number of benzene rings is 2. The molecule has 0 bridgehead atoms. The van der Waals surface area contributed by atoms with Gasteiger partial charge in [0.2, 0.25) is 5.91 Å². The van der Waals surface area contributed by atoms with Crippen LogP contribution in [0.15, 0.2) is 63.9 Å². The Labute approximate surface area is 186 Å². The molecule has 2 aromatic carbocycles. The molecule has 0 spiro atoms. The number of nitrogens with one attached hydrogen (secondary N) is 1. The molecule has 3 rings (SSSR count). The number of rotatable bonds is 6. The Bertz CT molecular complexity index is 1040.